The number of nitrogens with zero attached hydrogens (tertiary/aromatic N) is 3. The summed E-state index contributed by atoms with van der Waals surface area (Å²) in [5, 5.41) is 24.8. The monoisotopic (exact) mass is 229 g/mol. The summed E-state index contributed by atoms with van der Waals surface area (Å²) >= 11 is 0. The Bertz CT molecular complexity index is 324. The molecule has 0 aliphatic rings. The Labute approximate surface area is 92.4 Å². The summed E-state index contributed by atoms with van der Waals surface area (Å²) in [6.45, 7) is 2.14. The molecule has 8 heteroatoms. The van der Waals surface area contributed by atoms with E-state index in [4.69, 9.17) is 4.74 Å². The van der Waals surface area contributed by atoms with Crippen LogP contribution < -0.4 is 5.32 Å². The zero-order valence-electron chi connectivity index (χ0n) is 9.23. The number of ether oxygens (including phenoxy) is 1. The first-order chi connectivity index (χ1) is 7.55. The van der Waals surface area contributed by atoms with Gasteiger partial charge in [0.05, 0.1) is 5.60 Å². The molecular weight excluding hydrogens is 214 g/mol. The summed E-state index contributed by atoms with van der Waals surface area (Å²) in [6, 6.07) is 0. The van der Waals surface area contributed by atoms with Crippen molar-refractivity contribution in [3.63, 3.8) is 0 Å². The first-order valence-electron chi connectivity index (χ1n) is 4.78. The van der Waals surface area contributed by atoms with E-state index in [1.54, 1.807) is 14.0 Å². The number of nitrogens with one attached hydrogen (secondary N) is 2. The van der Waals surface area contributed by atoms with E-state index in [0.29, 0.717) is 13.0 Å². The topological polar surface area (TPSA) is 113 Å². The second-order valence-corrected chi connectivity index (χ2v) is 3.66. The van der Waals surface area contributed by atoms with Gasteiger partial charge in [-0.15, -0.1) is 10.2 Å². The van der Waals surface area contributed by atoms with E-state index in [0.717, 1.165) is 0 Å². The Morgan fingerprint density at radius 3 is 3.00 bits per heavy atom. The normalized spacial score (nSPS) is 14.4. The molecule has 1 atom stereocenters. The van der Waals surface area contributed by atoms with Gasteiger partial charge >= 0.3 is 0 Å². The van der Waals surface area contributed by atoms with Crippen LogP contribution in [-0.4, -0.2) is 57.5 Å². The van der Waals surface area contributed by atoms with Gasteiger partial charge in [-0.25, -0.2) is 0 Å². The van der Waals surface area contributed by atoms with Gasteiger partial charge in [-0.1, -0.05) is 0 Å². The van der Waals surface area contributed by atoms with Crippen molar-refractivity contribution in [1.82, 2.24) is 25.9 Å². The summed E-state index contributed by atoms with van der Waals surface area (Å²) in [6.07, 6.45) is 0.427. The minimum atomic E-state index is -1.02. The lowest BCUT2D eigenvalue weighted by molar-refractivity contribution is 0.0242. The molecule has 1 rings (SSSR count). The number of methoxy groups -OCH3 is 1. The molecule has 1 heterocycles. The van der Waals surface area contributed by atoms with Crippen molar-refractivity contribution in [2.24, 2.45) is 0 Å². The third-order valence-electron chi connectivity index (χ3n) is 2.02. The Kier molecular flexibility index (Phi) is 4.32. The third-order valence-corrected chi connectivity index (χ3v) is 2.02. The van der Waals surface area contributed by atoms with Gasteiger partial charge in [0.25, 0.3) is 11.7 Å². The zero-order valence-corrected chi connectivity index (χ0v) is 9.23. The predicted molar refractivity (Wildman–Crippen MR) is 53.6 cm³/mol. The number of rotatable bonds is 6. The smallest absolute Gasteiger partial charge is 0.292 e. The maximum Gasteiger partial charge on any atom is 0.292 e. The second kappa shape index (κ2) is 5.52. The Hall–Kier alpha value is -1.54. The molecule has 0 saturated carbocycles. The van der Waals surface area contributed by atoms with E-state index >= 15 is 0 Å². The van der Waals surface area contributed by atoms with Crippen LogP contribution in [0.1, 0.15) is 24.0 Å². The van der Waals surface area contributed by atoms with Crippen molar-refractivity contribution in [3.8, 4) is 0 Å². The van der Waals surface area contributed by atoms with E-state index in [9.17, 15) is 9.90 Å². The Morgan fingerprint density at radius 2 is 2.44 bits per heavy atom. The number of aromatic amines is 1. The third kappa shape index (κ3) is 3.91. The molecule has 3 N–H and O–H groups in total. The van der Waals surface area contributed by atoms with Crippen LogP contribution in [0, 0.1) is 0 Å². The van der Waals surface area contributed by atoms with Crippen LogP contribution >= 0.6 is 0 Å². The molecule has 16 heavy (non-hydrogen) atoms. The zero-order chi connectivity index (χ0) is 12.0. The van der Waals surface area contributed by atoms with Gasteiger partial charge < -0.3 is 15.2 Å². The molecule has 0 saturated heterocycles. The molecule has 0 aliphatic carbocycles. The van der Waals surface area contributed by atoms with Crippen LogP contribution in [0.25, 0.3) is 0 Å². The van der Waals surface area contributed by atoms with Gasteiger partial charge in [0.15, 0.2) is 0 Å². The molecule has 0 radical (unpaired) electrons. The van der Waals surface area contributed by atoms with Gasteiger partial charge in [0.2, 0.25) is 0 Å². The number of amides is 1. The Balaban J connectivity index is 2.36. The molecule has 0 spiro atoms. The molecule has 0 aromatic carbocycles. The number of aromatic nitrogens is 4. The minimum Gasteiger partial charge on any atom is -0.388 e. The van der Waals surface area contributed by atoms with E-state index in [2.05, 4.69) is 25.9 Å². The van der Waals surface area contributed by atoms with Crippen LogP contribution in [0.5, 0.6) is 0 Å². The highest BCUT2D eigenvalue weighted by Crippen LogP contribution is 2.07. The molecule has 90 valence electrons. The van der Waals surface area contributed by atoms with Gasteiger partial charge in [-0.2, -0.15) is 5.21 Å². The van der Waals surface area contributed by atoms with E-state index in [1.807, 2.05) is 0 Å². The number of H-pyrrole nitrogens is 1. The molecule has 1 amide bonds. The maximum absolute atomic E-state index is 11.4. The number of hydrogen-bond acceptors (Lipinski definition) is 6. The fourth-order valence-corrected chi connectivity index (χ4v) is 1.02. The number of carbonyl (C=O) groups is 1. The fraction of sp³-hybridized carbons (Fsp3) is 0.750. The number of hydrogen-bond donors (Lipinski definition) is 3. The largest absolute Gasteiger partial charge is 0.388 e. The summed E-state index contributed by atoms with van der Waals surface area (Å²) in [5.41, 5.74) is -1.02. The lowest BCUT2D eigenvalue weighted by Gasteiger charge is -2.22. The number of tetrazole rings is 1. The quantitative estimate of drug-likeness (QED) is 0.559. The van der Waals surface area contributed by atoms with E-state index in [1.165, 1.54) is 0 Å². The fourth-order valence-electron chi connectivity index (χ4n) is 1.02. The second-order valence-electron chi connectivity index (χ2n) is 3.66. The Morgan fingerprint density at radius 1 is 1.69 bits per heavy atom. The predicted octanol–water partition coefficient (Wildman–Crippen LogP) is -1.28. The first kappa shape index (κ1) is 12.5. The summed E-state index contributed by atoms with van der Waals surface area (Å²) in [4.78, 5) is 11.4. The summed E-state index contributed by atoms with van der Waals surface area (Å²) in [7, 11) is 1.55. The van der Waals surface area contributed by atoms with Crippen LogP contribution in [-0.2, 0) is 4.74 Å². The van der Waals surface area contributed by atoms with Crippen LogP contribution in [0.15, 0.2) is 0 Å². The van der Waals surface area contributed by atoms with Gasteiger partial charge in [0.1, 0.15) is 0 Å². The highest BCUT2D eigenvalue weighted by Gasteiger charge is 2.22. The van der Waals surface area contributed by atoms with Crippen molar-refractivity contribution < 1.29 is 14.6 Å². The average molecular weight is 229 g/mol. The molecule has 1 aromatic rings. The highest BCUT2D eigenvalue weighted by atomic mass is 16.5. The van der Waals surface area contributed by atoms with Gasteiger partial charge in [-0.05, 0) is 12.1 Å². The van der Waals surface area contributed by atoms with Crippen molar-refractivity contribution in [2.45, 2.75) is 18.9 Å². The standard InChI is InChI=1S/C8H15N5O3/c1-8(15,3-4-16-2)5-9-7(14)6-10-12-13-11-6/h15H,3-5H2,1-2H3,(H,9,14)(H,10,11,12,13). The minimum absolute atomic E-state index is 0.0532. The van der Waals surface area contributed by atoms with Crippen LogP contribution in [0.4, 0.5) is 0 Å². The molecule has 0 bridgehead atoms. The molecule has 0 fully saturated rings. The molecule has 8 nitrogen and oxygen atoms in total. The van der Waals surface area contributed by atoms with Crippen molar-refractivity contribution >= 4 is 5.91 Å². The summed E-state index contributed by atoms with van der Waals surface area (Å²) in [5.74, 6) is -0.533. The van der Waals surface area contributed by atoms with Gasteiger partial charge in [0, 0.05) is 26.7 Å². The van der Waals surface area contributed by atoms with Crippen molar-refractivity contribution in [2.75, 3.05) is 20.3 Å². The van der Waals surface area contributed by atoms with E-state index in [-0.39, 0.29) is 12.4 Å². The molecule has 0 aliphatic heterocycles. The molecule has 1 aromatic heterocycles. The SMILES string of the molecule is COCCC(C)(O)CNC(=O)c1nn[nH]n1. The average Bonchev–Trinajstić information content (AvgIpc) is 2.77. The highest BCUT2D eigenvalue weighted by molar-refractivity contribution is 5.90. The lowest BCUT2D eigenvalue weighted by atomic mass is 10.0. The lowest BCUT2D eigenvalue weighted by Crippen LogP contribution is -2.41. The number of carbonyl (C=O) groups excluding carboxylic acids is 1. The summed E-state index contributed by atoms with van der Waals surface area (Å²) < 4.78 is 4.84. The van der Waals surface area contributed by atoms with Crippen molar-refractivity contribution in [3.05, 3.63) is 5.82 Å². The van der Waals surface area contributed by atoms with Crippen LogP contribution in [0.2, 0.25) is 0 Å². The van der Waals surface area contributed by atoms with Gasteiger partial charge in [-0.3, -0.25) is 4.79 Å². The maximum atomic E-state index is 11.4. The van der Waals surface area contributed by atoms with E-state index < -0.39 is 11.5 Å². The van der Waals surface area contributed by atoms with Crippen molar-refractivity contribution in [1.29, 1.82) is 0 Å². The molecule has 1 unspecified atom stereocenters. The first-order valence-corrected chi connectivity index (χ1v) is 4.78. The van der Waals surface area contributed by atoms with Crippen LogP contribution in [0.3, 0.4) is 0 Å². The molecular formula is C8H15N5O3. The number of aliphatic hydroxyl groups is 1.